The Hall–Kier alpha value is -1.79. The van der Waals surface area contributed by atoms with Crippen LogP contribution in [0.2, 0.25) is 0 Å². The Balaban J connectivity index is 2.24. The number of carbonyl (C=O) groups is 1. The Morgan fingerprint density at radius 2 is 1.71 bits per heavy atom. The minimum Gasteiger partial charge on any atom is -0.743 e. The summed E-state index contributed by atoms with van der Waals surface area (Å²) >= 11 is 0. The number of alkyl halides is 5. The average Bonchev–Trinajstić information content (AvgIpc) is 3.26. The van der Waals surface area contributed by atoms with Crippen molar-refractivity contribution < 1.29 is 49.2 Å². The maximum atomic E-state index is 13.2. The summed E-state index contributed by atoms with van der Waals surface area (Å²) in [5.41, 5.74) is 0.0686. The second kappa shape index (κ2) is 5.93. The molecule has 12 heteroatoms. The average molecular weight is 375 g/mol. The van der Waals surface area contributed by atoms with Gasteiger partial charge in [0.25, 0.3) is 6.10 Å². The van der Waals surface area contributed by atoms with Crippen LogP contribution in [0, 0.1) is 0 Å². The van der Waals surface area contributed by atoms with Crippen LogP contribution < -0.4 is 0 Å². The third-order valence-corrected chi connectivity index (χ3v) is 3.89. The van der Waals surface area contributed by atoms with Crippen LogP contribution in [0.15, 0.2) is 24.3 Å². The molecule has 0 radical (unpaired) electrons. The molecule has 0 aliphatic carbocycles. The van der Waals surface area contributed by atoms with Gasteiger partial charge in [-0.25, -0.2) is 13.2 Å². The quantitative estimate of drug-likeness (QED) is 0.338. The van der Waals surface area contributed by atoms with Crippen molar-refractivity contribution in [1.29, 1.82) is 0 Å². The van der Waals surface area contributed by atoms with E-state index in [-0.39, 0.29) is 6.10 Å². The van der Waals surface area contributed by atoms with Crippen molar-refractivity contribution in [3.05, 3.63) is 35.4 Å². The molecule has 134 valence electrons. The minimum atomic E-state index is -6.72. The highest BCUT2D eigenvalue weighted by molar-refractivity contribution is 7.86. The van der Waals surface area contributed by atoms with Crippen LogP contribution in [-0.2, 0) is 19.6 Å². The van der Waals surface area contributed by atoms with Crippen LogP contribution in [0.4, 0.5) is 22.0 Å². The van der Waals surface area contributed by atoms with Crippen LogP contribution in [0.3, 0.4) is 0 Å². The number of esters is 1. The Labute approximate surface area is 131 Å². The lowest BCUT2D eigenvalue weighted by molar-refractivity contribution is -0.248. The number of hydrogen-bond donors (Lipinski definition) is 0. The van der Waals surface area contributed by atoms with Gasteiger partial charge in [-0.1, -0.05) is 12.1 Å². The van der Waals surface area contributed by atoms with Crippen molar-refractivity contribution in [2.24, 2.45) is 0 Å². The summed E-state index contributed by atoms with van der Waals surface area (Å²) in [6.45, 7) is 0.424. The Morgan fingerprint density at radius 1 is 1.21 bits per heavy atom. The largest absolute Gasteiger partial charge is 0.743 e. The standard InChI is InChI=1S/C12H9F5O6S/c13-11(14,15)10(12(16,17)24(19,20)21)23-9(18)7-3-1-6(2-4-7)8-5-22-8/h1-4,8,10H,5H2,(H,19,20,21)/p-1. The van der Waals surface area contributed by atoms with E-state index >= 15 is 0 Å². The smallest absolute Gasteiger partial charge is 0.432 e. The molecule has 1 saturated heterocycles. The summed E-state index contributed by atoms with van der Waals surface area (Å²) in [4.78, 5) is 11.6. The summed E-state index contributed by atoms with van der Waals surface area (Å²) < 4.78 is 104. The lowest BCUT2D eigenvalue weighted by Gasteiger charge is -2.29. The third kappa shape index (κ3) is 3.82. The van der Waals surface area contributed by atoms with E-state index in [1.165, 1.54) is 12.1 Å². The van der Waals surface area contributed by atoms with E-state index in [0.29, 0.717) is 12.2 Å². The van der Waals surface area contributed by atoms with E-state index in [0.717, 1.165) is 12.1 Å². The molecule has 2 atom stereocenters. The van der Waals surface area contributed by atoms with Crippen LogP contribution in [0.1, 0.15) is 22.0 Å². The van der Waals surface area contributed by atoms with E-state index in [1.54, 1.807) is 0 Å². The van der Waals surface area contributed by atoms with Gasteiger partial charge in [-0.15, -0.1) is 0 Å². The maximum Gasteiger partial charge on any atom is 0.432 e. The lowest BCUT2D eigenvalue weighted by Crippen LogP contribution is -2.52. The minimum absolute atomic E-state index is 0.215. The van der Waals surface area contributed by atoms with Gasteiger partial charge in [0.15, 0.2) is 10.1 Å². The monoisotopic (exact) mass is 375 g/mol. The zero-order valence-electron chi connectivity index (χ0n) is 11.4. The van der Waals surface area contributed by atoms with Gasteiger partial charge in [0.1, 0.15) is 6.10 Å². The molecule has 2 unspecified atom stereocenters. The first-order valence-corrected chi connectivity index (χ1v) is 7.57. The molecule has 0 N–H and O–H groups in total. The second-order valence-corrected chi connectivity index (χ2v) is 6.24. The topological polar surface area (TPSA) is 96.0 Å². The molecule has 2 rings (SSSR count). The molecule has 0 amide bonds. The first-order valence-electron chi connectivity index (χ1n) is 6.16. The highest BCUT2D eigenvalue weighted by Gasteiger charge is 2.63. The SMILES string of the molecule is O=C(OC(C(F)(F)F)C(F)(F)S(=O)(=O)[O-])c1ccc(C2CO2)cc1. The van der Waals surface area contributed by atoms with Crippen molar-refractivity contribution in [2.75, 3.05) is 6.61 Å². The van der Waals surface area contributed by atoms with Crippen molar-refractivity contribution >= 4 is 16.1 Å². The lowest BCUT2D eigenvalue weighted by atomic mass is 10.1. The molecule has 24 heavy (non-hydrogen) atoms. The first-order chi connectivity index (χ1) is 10.8. The fourth-order valence-electron chi connectivity index (χ4n) is 1.71. The molecule has 1 fully saturated rings. The van der Waals surface area contributed by atoms with Crippen molar-refractivity contribution in [2.45, 2.75) is 23.6 Å². The van der Waals surface area contributed by atoms with Crippen LogP contribution in [-0.4, -0.2) is 43.1 Å². The van der Waals surface area contributed by atoms with Crippen LogP contribution >= 0.6 is 0 Å². The highest BCUT2D eigenvalue weighted by Crippen LogP contribution is 2.38. The summed E-state index contributed by atoms with van der Waals surface area (Å²) in [6, 6.07) is 4.60. The Kier molecular flexibility index (Phi) is 4.59. The van der Waals surface area contributed by atoms with Gasteiger partial charge >= 0.3 is 17.4 Å². The van der Waals surface area contributed by atoms with Crippen molar-refractivity contribution in [3.8, 4) is 0 Å². The van der Waals surface area contributed by atoms with Gasteiger partial charge in [-0.2, -0.15) is 22.0 Å². The number of hydrogen-bond acceptors (Lipinski definition) is 6. The molecule has 0 bridgehead atoms. The normalized spacial score (nSPS) is 19.7. The molecule has 0 spiro atoms. The molecule has 1 aromatic rings. The predicted molar refractivity (Wildman–Crippen MR) is 65.0 cm³/mol. The number of ether oxygens (including phenoxy) is 2. The van der Waals surface area contributed by atoms with E-state index in [1.807, 2.05) is 0 Å². The second-order valence-electron chi connectivity index (χ2n) is 4.79. The van der Waals surface area contributed by atoms with E-state index in [9.17, 15) is 39.7 Å². The summed E-state index contributed by atoms with van der Waals surface area (Å²) in [5.74, 6) is -1.86. The van der Waals surface area contributed by atoms with E-state index in [4.69, 9.17) is 4.74 Å². The maximum absolute atomic E-state index is 13.2. The summed E-state index contributed by atoms with van der Waals surface area (Å²) in [5, 5.41) is -5.87. The number of halogens is 5. The third-order valence-electron chi connectivity index (χ3n) is 3.01. The number of epoxide rings is 1. The van der Waals surface area contributed by atoms with Crippen molar-refractivity contribution in [1.82, 2.24) is 0 Å². The van der Waals surface area contributed by atoms with Gasteiger partial charge in [0.05, 0.1) is 12.2 Å². The zero-order chi connectivity index (χ0) is 18.3. The summed E-state index contributed by atoms with van der Waals surface area (Å²) in [6.07, 6.45) is -10.6. The predicted octanol–water partition coefficient (Wildman–Crippen LogP) is 1.98. The van der Waals surface area contributed by atoms with Gasteiger partial charge in [-0.3, -0.25) is 0 Å². The fraction of sp³-hybridized carbons (Fsp3) is 0.417. The van der Waals surface area contributed by atoms with Gasteiger partial charge < -0.3 is 14.0 Å². The molecular weight excluding hydrogens is 367 g/mol. The molecule has 6 nitrogen and oxygen atoms in total. The van der Waals surface area contributed by atoms with Crippen LogP contribution in [0.25, 0.3) is 0 Å². The number of carbonyl (C=O) groups excluding carboxylic acids is 1. The molecule has 1 heterocycles. The molecule has 0 aromatic heterocycles. The zero-order valence-corrected chi connectivity index (χ0v) is 12.2. The molecular formula is C12H8F5O6S-. The number of benzene rings is 1. The highest BCUT2D eigenvalue weighted by atomic mass is 32.2. The first kappa shape index (κ1) is 18.5. The molecule has 0 saturated carbocycles. The Morgan fingerprint density at radius 3 is 2.08 bits per heavy atom. The van der Waals surface area contributed by atoms with Crippen LogP contribution in [0.5, 0.6) is 0 Å². The number of rotatable bonds is 5. The Bertz CT molecular complexity index is 723. The van der Waals surface area contributed by atoms with E-state index < -0.39 is 39.2 Å². The summed E-state index contributed by atoms with van der Waals surface area (Å²) in [7, 11) is -6.72. The van der Waals surface area contributed by atoms with Gasteiger partial charge in [-0.05, 0) is 17.7 Å². The molecule has 1 aliphatic heterocycles. The molecule has 1 aromatic carbocycles. The van der Waals surface area contributed by atoms with Gasteiger partial charge in [0.2, 0.25) is 0 Å². The fourth-order valence-corrected chi connectivity index (χ4v) is 2.15. The van der Waals surface area contributed by atoms with E-state index in [2.05, 4.69) is 4.74 Å². The van der Waals surface area contributed by atoms with Crippen molar-refractivity contribution in [3.63, 3.8) is 0 Å². The molecule has 1 aliphatic rings. The van der Waals surface area contributed by atoms with Gasteiger partial charge in [0, 0.05) is 0 Å².